The Bertz CT molecular complexity index is 325. The lowest BCUT2D eigenvalue weighted by atomic mass is 9.93. The van der Waals surface area contributed by atoms with Gasteiger partial charge in [-0.05, 0) is 31.8 Å². The van der Waals surface area contributed by atoms with Gasteiger partial charge in [0.2, 0.25) is 0 Å². The molecule has 1 unspecified atom stereocenters. The molecule has 1 aliphatic heterocycles. The number of piperidine rings is 1. The number of hydrogen-bond donors (Lipinski definition) is 1. The van der Waals surface area contributed by atoms with Gasteiger partial charge in [-0.3, -0.25) is 0 Å². The summed E-state index contributed by atoms with van der Waals surface area (Å²) < 4.78 is 14.1. The number of allylic oxidation sites excluding steroid dienone is 3. The molecule has 0 saturated carbocycles. The molecule has 0 aromatic rings. The van der Waals surface area contributed by atoms with E-state index in [1.165, 1.54) is 0 Å². The third-order valence-corrected chi connectivity index (χ3v) is 3.67. The lowest BCUT2D eigenvalue weighted by molar-refractivity contribution is 0.253. The zero-order valence-corrected chi connectivity index (χ0v) is 10.2. The van der Waals surface area contributed by atoms with E-state index in [1.807, 2.05) is 13.8 Å². The van der Waals surface area contributed by atoms with Crippen LogP contribution in [0.1, 0.15) is 33.1 Å². The number of hydrogen-bond acceptors (Lipinski definition) is 2. The third kappa shape index (κ3) is 2.14. The van der Waals surface area contributed by atoms with Gasteiger partial charge in [0.1, 0.15) is 5.83 Å². The van der Waals surface area contributed by atoms with E-state index in [1.54, 1.807) is 0 Å². The van der Waals surface area contributed by atoms with E-state index in [2.05, 4.69) is 11.0 Å². The third-order valence-electron chi connectivity index (χ3n) is 3.67. The average molecular weight is 224 g/mol. The highest BCUT2D eigenvalue weighted by Crippen LogP contribution is 2.33. The summed E-state index contributed by atoms with van der Waals surface area (Å²) in [6, 6.07) is 0.296. The van der Waals surface area contributed by atoms with Gasteiger partial charge in [0, 0.05) is 25.0 Å². The number of likely N-dealkylation sites (tertiary alicyclic amines) is 1. The van der Waals surface area contributed by atoms with Crippen molar-refractivity contribution >= 4 is 0 Å². The van der Waals surface area contributed by atoms with Crippen LogP contribution >= 0.6 is 0 Å². The van der Waals surface area contributed by atoms with Crippen LogP contribution in [0.5, 0.6) is 0 Å². The number of rotatable bonds is 1. The predicted molar refractivity (Wildman–Crippen MR) is 64.5 cm³/mol. The van der Waals surface area contributed by atoms with E-state index in [9.17, 15) is 4.39 Å². The topological polar surface area (TPSA) is 29.3 Å². The molecule has 1 aliphatic carbocycles. The normalized spacial score (nSPS) is 28.4. The first-order valence-electron chi connectivity index (χ1n) is 6.17. The van der Waals surface area contributed by atoms with Crippen molar-refractivity contribution in [1.29, 1.82) is 0 Å². The lowest BCUT2D eigenvalue weighted by Crippen LogP contribution is -2.40. The molecule has 16 heavy (non-hydrogen) atoms. The maximum Gasteiger partial charge on any atom is 0.127 e. The Labute approximate surface area is 97.0 Å². The van der Waals surface area contributed by atoms with Crippen LogP contribution < -0.4 is 5.73 Å². The zero-order chi connectivity index (χ0) is 11.7. The first kappa shape index (κ1) is 11.6. The van der Waals surface area contributed by atoms with Crippen LogP contribution in [-0.4, -0.2) is 24.0 Å². The summed E-state index contributed by atoms with van der Waals surface area (Å²) in [5.41, 5.74) is 7.80. The summed E-state index contributed by atoms with van der Waals surface area (Å²) in [4.78, 5) is 2.17. The van der Waals surface area contributed by atoms with Gasteiger partial charge in [-0.15, -0.1) is 0 Å². The van der Waals surface area contributed by atoms with E-state index in [-0.39, 0.29) is 11.7 Å². The second-order valence-corrected chi connectivity index (χ2v) is 5.04. The van der Waals surface area contributed by atoms with Crippen molar-refractivity contribution in [1.82, 2.24) is 4.90 Å². The van der Waals surface area contributed by atoms with E-state index in [4.69, 9.17) is 5.73 Å². The standard InChI is InChI=1S/C13H21FN2/c1-9-3-4-10(2)13(12(9)14)16-7-5-11(15)6-8-16/h4,9,11H,3,5-8,15H2,1-2H3. The fraction of sp³-hybridized carbons (Fsp3) is 0.692. The van der Waals surface area contributed by atoms with Gasteiger partial charge >= 0.3 is 0 Å². The molecule has 0 amide bonds. The second kappa shape index (κ2) is 4.58. The molecule has 1 atom stereocenters. The molecule has 0 radical (unpaired) electrons. The van der Waals surface area contributed by atoms with E-state index < -0.39 is 0 Å². The maximum atomic E-state index is 14.1. The Hall–Kier alpha value is -0.830. The second-order valence-electron chi connectivity index (χ2n) is 5.04. The Morgan fingerprint density at radius 3 is 2.62 bits per heavy atom. The van der Waals surface area contributed by atoms with Crippen LogP contribution in [0.3, 0.4) is 0 Å². The lowest BCUT2D eigenvalue weighted by Gasteiger charge is -2.36. The largest absolute Gasteiger partial charge is 0.369 e. The minimum absolute atomic E-state index is 0.0364. The van der Waals surface area contributed by atoms with E-state index >= 15 is 0 Å². The fourth-order valence-corrected chi connectivity index (χ4v) is 2.50. The summed E-state index contributed by atoms with van der Waals surface area (Å²) in [6.07, 6.45) is 4.92. The summed E-state index contributed by atoms with van der Waals surface area (Å²) in [5.74, 6) is 0.102. The van der Waals surface area contributed by atoms with Crippen molar-refractivity contribution in [3.8, 4) is 0 Å². The van der Waals surface area contributed by atoms with Crippen molar-refractivity contribution in [3.05, 3.63) is 23.2 Å². The first-order chi connectivity index (χ1) is 7.59. The van der Waals surface area contributed by atoms with E-state index in [0.717, 1.165) is 43.6 Å². The summed E-state index contributed by atoms with van der Waals surface area (Å²) in [7, 11) is 0. The molecule has 1 fully saturated rings. The number of nitrogens with zero attached hydrogens (tertiary/aromatic N) is 1. The molecular formula is C13H21FN2. The van der Waals surface area contributed by atoms with Gasteiger partial charge < -0.3 is 10.6 Å². The first-order valence-corrected chi connectivity index (χ1v) is 6.17. The highest BCUT2D eigenvalue weighted by Gasteiger charge is 2.26. The Kier molecular flexibility index (Phi) is 3.33. The van der Waals surface area contributed by atoms with Gasteiger partial charge in [-0.25, -0.2) is 4.39 Å². The van der Waals surface area contributed by atoms with Gasteiger partial charge in [0.15, 0.2) is 0 Å². The molecule has 0 aromatic carbocycles. The van der Waals surface area contributed by atoms with Gasteiger partial charge in [0.05, 0.1) is 5.70 Å². The quantitative estimate of drug-likeness (QED) is 0.741. The highest BCUT2D eigenvalue weighted by atomic mass is 19.1. The summed E-state index contributed by atoms with van der Waals surface area (Å²) in [5, 5.41) is 0. The Morgan fingerprint density at radius 2 is 2.00 bits per heavy atom. The average Bonchev–Trinajstić information content (AvgIpc) is 2.27. The number of halogens is 1. The van der Waals surface area contributed by atoms with Crippen molar-refractivity contribution in [3.63, 3.8) is 0 Å². The molecule has 2 rings (SSSR count). The van der Waals surface area contributed by atoms with Crippen molar-refractivity contribution in [2.24, 2.45) is 11.7 Å². The van der Waals surface area contributed by atoms with Crippen molar-refractivity contribution < 1.29 is 4.39 Å². The van der Waals surface area contributed by atoms with Crippen LogP contribution in [0, 0.1) is 5.92 Å². The SMILES string of the molecule is CC1=CCC(C)C(F)=C1N1CCC(N)CC1. The molecule has 0 bridgehead atoms. The predicted octanol–water partition coefficient (Wildman–Crippen LogP) is 2.58. The van der Waals surface area contributed by atoms with Gasteiger partial charge in [0.25, 0.3) is 0 Å². The van der Waals surface area contributed by atoms with Gasteiger partial charge in [-0.2, -0.15) is 0 Å². The van der Waals surface area contributed by atoms with E-state index in [0.29, 0.717) is 6.04 Å². The smallest absolute Gasteiger partial charge is 0.127 e. The molecular weight excluding hydrogens is 203 g/mol. The van der Waals surface area contributed by atoms with Gasteiger partial charge in [-0.1, -0.05) is 13.0 Å². The zero-order valence-electron chi connectivity index (χ0n) is 10.2. The minimum atomic E-state index is 0.0364. The van der Waals surface area contributed by atoms with Crippen LogP contribution in [0.25, 0.3) is 0 Å². The van der Waals surface area contributed by atoms with Crippen LogP contribution in [0.4, 0.5) is 4.39 Å². The molecule has 2 aliphatic rings. The summed E-state index contributed by atoms with van der Waals surface area (Å²) >= 11 is 0. The minimum Gasteiger partial charge on any atom is -0.369 e. The molecule has 2 nitrogen and oxygen atoms in total. The molecule has 1 heterocycles. The molecule has 90 valence electrons. The van der Waals surface area contributed by atoms with Crippen molar-refractivity contribution in [2.45, 2.75) is 39.2 Å². The molecule has 3 heteroatoms. The van der Waals surface area contributed by atoms with Crippen molar-refractivity contribution in [2.75, 3.05) is 13.1 Å². The molecule has 0 aromatic heterocycles. The molecule has 2 N–H and O–H groups in total. The van der Waals surface area contributed by atoms with Crippen LogP contribution in [0.2, 0.25) is 0 Å². The highest BCUT2D eigenvalue weighted by molar-refractivity contribution is 5.35. The molecule has 1 saturated heterocycles. The summed E-state index contributed by atoms with van der Waals surface area (Å²) in [6.45, 7) is 5.74. The van der Waals surface area contributed by atoms with Crippen LogP contribution in [-0.2, 0) is 0 Å². The maximum absolute atomic E-state index is 14.1. The Morgan fingerprint density at radius 1 is 1.38 bits per heavy atom. The van der Waals surface area contributed by atoms with Crippen LogP contribution in [0.15, 0.2) is 23.2 Å². The monoisotopic (exact) mass is 224 g/mol. The Balaban J connectivity index is 2.18. The number of nitrogens with two attached hydrogens (primary N) is 1. The molecule has 0 spiro atoms. The fourth-order valence-electron chi connectivity index (χ4n) is 2.50.